The summed E-state index contributed by atoms with van der Waals surface area (Å²) in [4.78, 5) is 28.5. The maximum absolute atomic E-state index is 5.13. The summed E-state index contributed by atoms with van der Waals surface area (Å²) in [7, 11) is 0. The molecule has 0 bridgehead atoms. The number of hydrogen-bond donors (Lipinski definition) is 0. The molecular weight excluding hydrogens is 1120 g/mol. The van der Waals surface area contributed by atoms with Crippen molar-refractivity contribution in [2.75, 3.05) is 0 Å². The van der Waals surface area contributed by atoms with Gasteiger partial charge in [0.15, 0.2) is 0 Å². The molecule has 0 spiro atoms. The Morgan fingerprint density at radius 1 is 0.228 bits per heavy atom. The van der Waals surface area contributed by atoms with Gasteiger partial charge >= 0.3 is 0 Å². The van der Waals surface area contributed by atoms with Gasteiger partial charge in [0.25, 0.3) is 0 Å². The zero-order valence-corrected chi connectivity index (χ0v) is 51.6. The van der Waals surface area contributed by atoms with Crippen LogP contribution in [0.4, 0.5) is 0 Å². The highest BCUT2D eigenvalue weighted by Crippen LogP contribution is 2.46. The van der Waals surface area contributed by atoms with Crippen LogP contribution < -0.4 is 0 Å². The predicted octanol–water partition coefficient (Wildman–Crippen LogP) is 21.6. The van der Waals surface area contributed by atoms with Crippen LogP contribution in [-0.2, 0) is 0 Å². The summed E-state index contributed by atoms with van der Waals surface area (Å²) in [6.07, 6.45) is 37.0. The standard InChI is InChI=1S/C86H72N6/c1-3-15-79(75-55-65(25-21-61-29-37-69(38-30-61)81-17-5-9-49-87-81)53-66(56-75)26-22-62-31-39-70(40-32-62)82-18-6-10-50-88-82)77(13-1)73-45-47-85(91-59-73)86-48-46-74(60-92-86)78-14-2-4-16-80(78)76-57-67(27-23-63-33-41-71(42-34-63)83-19-7-11-51-89-83)54-68(58-76)28-24-64-35-43-72(44-36-64)84-20-8-12-52-90-84/h1-52,59-60,65-68,75-76H,53-58H2/b25-21-,26-22-,27-23-,28-24-. The molecule has 2 fully saturated rings. The largest absolute Gasteiger partial charge is 0.256 e. The van der Waals surface area contributed by atoms with Crippen molar-refractivity contribution in [3.05, 3.63) is 338 Å². The van der Waals surface area contributed by atoms with E-state index in [1.807, 2.05) is 85.7 Å². The number of nitrogens with zero attached hydrogens (tertiary/aromatic N) is 6. The third kappa shape index (κ3) is 14.4. The zero-order valence-electron chi connectivity index (χ0n) is 51.6. The van der Waals surface area contributed by atoms with Crippen molar-refractivity contribution in [2.24, 2.45) is 23.7 Å². The van der Waals surface area contributed by atoms with Gasteiger partial charge < -0.3 is 0 Å². The maximum Gasteiger partial charge on any atom is 0.0886 e. The lowest BCUT2D eigenvalue weighted by molar-refractivity contribution is 0.315. The fraction of sp³-hybridized carbons (Fsp3) is 0.140. The number of hydrogen-bond acceptors (Lipinski definition) is 6. The second kappa shape index (κ2) is 28.3. The van der Waals surface area contributed by atoms with Gasteiger partial charge in [0.05, 0.1) is 34.2 Å². The van der Waals surface area contributed by atoms with Crippen molar-refractivity contribution in [3.63, 3.8) is 0 Å². The molecule has 0 N–H and O–H groups in total. The molecule has 2 saturated carbocycles. The molecular formula is C86H72N6. The summed E-state index contributed by atoms with van der Waals surface area (Å²) in [6, 6.07) is 86.1. The molecule has 2 aliphatic carbocycles. The molecule has 6 aromatic carbocycles. The lowest BCUT2D eigenvalue weighted by atomic mass is 9.71. The number of rotatable bonds is 17. The first kappa shape index (κ1) is 58.8. The van der Waals surface area contributed by atoms with E-state index in [2.05, 4.69) is 263 Å². The topological polar surface area (TPSA) is 77.3 Å². The maximum atomic E-state index is 5.13. The van der Waals surface area contributed by atoms with E-state index >= 15 is 0 Å². The molecule has 4 unspecified atom stereocenters. The number of pyridine rings is 6. The molecule has 2 aliphatic rings. The summed E-state index contributed by atoms with van der Waals surface area (Å²) in [6.45, 7) is 0. The molecule has 6 nitrogen and oxygen atoms in total. The first-order chi connectivity index (χ1) is 45.5. The predicted molar refractivity (Wildman–Crippen MR) is 380 cm³/mol. The van der Waals surface area contributed by atoms with Crippen LogP contribution in [-0.4, -0.2) is 29.9 Å². The first-order valence-electron chi connectivity index (χ1n) is 32.4. The minimum Gasteiger partial charge on any atom is -0.256 e. The Kier molecular flexibility index (Phi) is 18.1. The Bertz CT molecular complexity index is 3980. The van der Waals surface area contributed by atoms with Gasteiger partial charge in [-0.2, -0.15) is 0 Å². The first-order valence-corrected chi connectivity index (χ1v) is 32.4. The van der Waals surface area contributed by atoms with Crippen molar-refractivity contribution in [1.29, 1.82) is 0 Å². The summed E-state index contributed by atoms with van der Waals surface area (Å²) in [5.74, 6) is 2.26. The quantitative estimate of drug-likeness (QED) is 0.0904. The van der Waals surface area contributed by atoms with E-state index in [9.17, 15) is 0 Å². The van der Waals surface area contributed by atoms with E-state index in [0.29, 0.717) is 35.5 Å². The second-order valence-electron chi connectivity index (χ2n) is 24.7. The Morgan fingerprint density at radius 2 is 0.500 bits per heavy atom. The van der Waals surface area contributed by atoms with Crippen LogP contribution in [0.2, 0.25) is 0 Å². The highest BCUT2D eigenvalue weighted by Gasteiger charge is 2.31. The Hall–Kier alpha value is -10.8. The molecule has 0 aliphatic heterocycles. The smallest absolute Gasteiger partial charge is 0.0886 e. The average Bonchev–Trinajstić information content (AvgIpc) is 1.01. The van der Waals surface area contributed by atoms with Gasteiger partial charge in [0, 0.05) is 70.6 Å². The van der Waals surface area contributed by atoms with E-state index < -0.39 is 0 Å². The third-order valence-electron chi connectivity index (χ3n) is 18.5. The minimum absolute atomic E-state index is 0.348. The molecule has 0 amide bonds. The summed E-state index contributed by atoms with van der Waals surface area (Å²) < 4.78 is 0. The molecule has 92 heavy (non-hydrogen) atoms. The van der Waals surface area contributed by atoms with Crippen LogP contribution in [0.5, 0.6) is 0 Å². The van der Waals surface area contributed by atoms with Gasteiger partial charge in [-0.15, -0.1) is 0 Å². The van der Waals surface area contributed by atoms with Crippen molar-refractivity contribution in [2.45, 2.75) is 50.4 Å². The van der Waals surface area contributed by atoms with Gasteiger partial charge in [-0.1, -0.05) is 231 Å². The van der Waals surface area contributed by atoms with Crippen molar-refractivity contribution >= 4 is 24.3 Å². The van der Waals surface area contributed by atoms with E-state index in [-0.39, 0.29) is 0 Å². The summed E-state index contributed by atoms with van der Waals surface area (Å²) in [5, 5.41) is 0. The van der Waals surface area contributed by atoms with Gasteiger partial charge in [-0.3, -0.25) is 29.9 Å². The van der Waals surface area contributed by atoms with Crippen molar-refractivity contribution < 1.29 is 0 Å². The molecule has 14 rings (SSSR count). The van der Waals surface area contributed by atoms with Crippen LogP contribution in [0, 0.1) is 23.7 Å². The van der Waals surface area contributed by atoms with Crippen molar-refractivity contribution in [1.82, 2.24) is 29.9 Å². The fourth-order valence-corrected chi connectivity index (χ4v) is 13.8. The molecule has 6 heterocycles. The Balaban J connectivity index is 0.692. The number of allylic oxidation sites excluding steroid dienone is 4. The van der Waals surface area contributed by atoms with Crippen LogP contribution in [0.1, 0.15) is 83.7 Å². The fourth-order valence-electron chi connectivity index (χ4n) is 13.8. The van der Waals surface area contributed by atoms with Gasteiger partial charge in [-0.05, 0) is 179 Å². The average molecular weight is 1190 g/mol. The van der Waals surface area contributed by atoms with E-state index in [0.717, 1.165) is 106 Å². The van der Waals surface area contributed by atoms with E-state index in [1.54, 1.807) is 0 Å². The number of benzene rings is 6. The minimum atomic E-state index is 0.348. The van der Waals surface area contributed by atoms with Crippen LogP contribution in [0.3, 0.4) is 0 Å². The zero-order chi connectivity index (χ0) is 61.7. The molecule has 6 heteroatoms. The molecule has 446 valence electrons. The second-order valence-corrected chi connectivity index (χ2v) is 24.7. The SMILES string of the molecule is C(=C/C1CC(/C=C\c2ccc(-c3ccccn3)cc2)CC(c2ccccc2-c2ccc(-c3ccc(-c4ccccc4C4CC(/C=C\c5ccc(-c6ccccn6)cc5)CC(/C=C\c5ccc(-c6ccccn6)cc5)C4)cn3)nc2)C1)/c1ccc(-c2ccccn2)cc1. The summed E-state index contributed by atoms with van der Waals surface area (Å²) in [5.41, 5.74) is 22.4. The van der Waals surface area contributed by atoms with Crippen LogP contribution in [0.25, 0.3) is 103 Å². The Morgan fingerprint density at radius 3 is 0.761 bits per heavy atom. The highest BCUT2D eigenvalue weighted by molar-refractivity contribution is 5.73. The third-order valence-corrected chi connectivity index (χ3v) is 18.5. The van der Waals surface area contributed by atoms with E-state index in [1.165, 1.54) is 44.5 Å². The van der Waals surface area contributed by atoms with Gasteiger partial charge in [0.1, 0.15) is 0 Å². The van der Waals surface area contributed by atoms with E-state index in [4.69, 9.17) is 9.97 Å². The van der Waals surface area contributed by atoms with Crippen molar-refractivity contribution in [3.8, 4) is 78.7 Å². The Labute approximate surface area is 541 Å². The van der Waals surface area contributed by atoms with Crippen LogP contribution in [0.15, 0.2) is 304 Å². The monoisotopic (exact) mass is 1190 g/mol. The molecule has 6 aromatic heterocycles. The molecule has 0 saturated heterocycles. The van der Waals surface area contributed by atoms with Gasteiger partial charge in [-0.25, -0.2) is 0 Å². The summed E-state index contributed by atoms with van der Waals surface area (Å²) >= 11 is 0. The highest BCUT2D eigenvalue weighted by atomic mass is 14.8. The normalized spacial score (nSPS) is 18.4. The molecule has 0 radical (unpaired) electrons. The molecule has 12 aromatic rings. The number of aromatic nitrogens is 6. The lowest BCUT2D eigenvalue weighted by Crippen LogP contribution is -2.20. The lowest BCUT2D eigenvalue weighted by Gasteiger charge is -2.34. The van der Waals surface area contributed by atoms with Crippen LogP contribution >= 0.6 is 0 Å². The van der Waals surface area contributed by atoms with Gasteiger partial charge in [0.2, 0.25) is 0 Å². The molecule has 4 atom stereocenters.